The van der Waals surface area contributed by atoms with Gasteiger partial charge in [0.25, 0.3) is 0 Å². The van der Waals surface area contributed by atoms with Crippen LogP contribution in [0.25, 0.3) is 77.8 Å². The summed E-state index contributed by atoms with van der Waals surface area (Å²) in [6.07, 6.45) is 8.67. The molecule has 2 aromatic heterocycles. The van der Waals surface area contributed by atoms with Gasteiger partial charge in [0, 0.05) is 38.6 Å². The van der Waals surface area contributed by atoms with Crippen LogP contribution in [-0.4, -0.2) is 14.5 Å². The molecule has 0 radical (unpaired) electrons. The molecule has 7 aromatic carbocycles. The lowest BCUT2D eigenvalue weighted by molar-refractivity contribution is 0.714. The highest BCUT2D eigenvalue weighted by Gasteiger charge is 2.41. The van der Waals surface area contributed by atoms with Crippen molar-refractivity contribution in [2.24, 2.45) is 0 Å². The number of aromatic nitrogens is 3. The number of hydrogen-bond donors (Lipinski definition) is 0. The number of fused-ring (bicyclic) bond motifs is 6. The summed E-state index contributed by atoms with van der Waals surface area (Å²) >= 11 is 0. The van der Waals surface area contributed by atoms with E-state index in [9.17, 15) is 0 Å². The first kappa shape index (κ1) is 33.3. The van der Waals surface area contributed by atoms with Gasteiger partial charge in [-0.2, -0.15) is 0 Å². The Bertz CT molecular complexity index is 3040. The van der Waals surface area contributed by atoms with Gasteiger partial charge in [0.05, 0.1) is 22.4 Å². The normalized spacial score (nSPS) is 15.8. The smallest absolute Gasteiger partial charge is 0.160 e. The van der Waals surface area contributed by atoms with Crippen LogP contribution in [0.4, 0.5) is 0 Å². The summed E-state index contributed by atoms with van der Waals surface area (Å²) in [6, 6.07) is 63.9. The van der Waals surface area contributed by atoms with E-state index >= 15 is 0 Å². The van der Waals surface area contributed by atoms with Crippen molar-refractivity contribution < 1.29 is 0 Å². The Kier molecular flexibility index (Phi) is 7.75. The first-order valence-corrected chi connectivity index (χ1v) is 19.9. The van der Waals surface area contributed by atoms with Crippen LogP contribution in [0.2, 0.25) is 0 Å². The van der Waals surface area contributed by atoms with Crippen molar-refractivity contribution in [3.63, 3.8) is 0 Å². The summed E-state index contributed by atoms with van der Waals surface area (Å²) in [5.74, 6) is 0.758. The standard InChI is InChI=1S/C54H39N3/c1-54(41-19-9-4-10-20-41)47-23-13-11-21-43(47)45-33-46-44-22-12-14-24-51(44)57(52(46)34-48(45)54)42-31-29-39(30-32-42)50-35-49(55-53(56-50)40-17-7-3-8-18-40)38-27-25-37(26-28-38)36-15-5-2-6-16-36/h2,4-7,9-35H,3,8H2,1H3. The third kappa shape index (κ3) is 5.42. The Morgan fingerprint density at radius 1 is 0.491 bits per heavy atom. The van der Waals surface area contributed by atoms with Gasteiger partial charge < -0.3 is 4.57 Å². The largest absolute Gasteiger partial charge is 0.309 e. The van der Waals surface area contributed by atoms with Crippen molar-refractivity contribution in [3.8, 4) is 50.5 Å². The Labute approximate surface area is 333 Å². The minimum absolute atomic E-state index is 0.278. The Morgan fingerprint density at radius 3 is 1.86 bits per heavy atom. The van der Waals surface area contributed by atoms with Gasteiger partial charge in [-0.1, -0.05) is 158 Å². The molecule has 0 spiro atoms. The highest BCUT2D eigenvalue weighted by atomic mass is 15.0. The lowest BCUT2D eigenvalue weighted by Crippen LogP contribution is -2.22. The molecule has 2 aliphatic carbocycles. The van der Waals surface area contributed by atoms with Crippen molar-refractivity contribution in [1.29, 1.82) is 0 Å². The molecular weight excluding hydrogens is 691 g/mol. The fourth-order valence-electron chi connectivity index (χ4n) is 9.21. The van der Waals surface area contributed by atoms with Crippen molar-refractivity contribution in [2.45, 2.75) is 25.2 Å². The lowest BCUT2D eigenvalue weighted by atomic mass is 9.74. The van der Waals surface area contributed by atoms with Crippen LogP contribution in [0.1, 0.15) is 42.3 Å². The van der Waals surface area contributed by atoms with E-state index in [1.807, 2.05) is 0 Å². The Balaban J connectivity index is 1.04. The number of para-hydroxylation sites is 1. The fourth-order valence-corrected chi connectivity index (χ4v) is 9.21. The summed E-state index contributed by atoms with van der Waals surface area (Å²) in [4.78, 5) is 10.3. The molecule has 0 aliphatic heterocycles. The predicted octanol–water partition coefficient (Wildman–Crippen LogP) is 13.6. The predicted molar refractivity (Wildman–Crippen MR) is 236 cm³/mol. The number of benzene rings is 7. The molecule has 270 valence electrons. The van der Waals surface area contributed by atoms with Crippen LogP contribution < -0.4 is 0 Å². The first-order chi connectivity index (χ1) is 28.1. The van der Waals surface area contributed by atoms with Gasteiger partial charge in [-0.05, 0) is 95.1 Å². The van der Waals surface area contributed by atoms with E-state index in [2.05, 4.69) is 206 Å². The van der Waals surface area contributed by atoms with Gasteiger partial charge >= 0.3 is 0 Å². The molecule has 2 aliphatic rings. The summed E-state index contributed by atoms with van der Waals surface area (Å²) < 4.78 is 2.44. The quantitative estimate of drug-likeness (QED) is 0.171. The van der Waals surface area contributed by atoms with Crippen molar-refractivity contribution >= 4 is 27.4 Å². The van der Waals surface area contributed by atoms with Gasteiger partial charge in [0.2, 0.25) is 0 Å². The van der Waals surface area contributed by atoms with E-state index in [4.69, 9.17) is 9.97 Å². The van der Waals surface area contributed by atoms with Crippen LogP contribution in [0.3, 0.4) is 0 Å². The Morgan fingerprint density at radius 2 is 1.12 bits per heavy atom. The van der Waals surface area contributed by atoms with E-state index in [0.29, 0.717) is 0 Å². The van der Waals surface area contributed by atoms with E-state index in [1.54, 1.807) is 0 Å². The molecule has 11 rings (SSSR count). The third-order valence-electron chi connectivity index (χ3n) is 12.1. The number of rotatable bonds is 6. The molecule has 0 N–H and O–H groups in total. The average Bonchev–Trinajstić information content (AvgIpc) is 3.75. The zero-order chi connectivity index (χ0) is 37.9. The van der Waals surface area contributed by atoms with E-state index in [-0.39, 0.29) is 5.41 Å². The maximum Gasteiger partial charge on any atom is 0.160 e. The Hall–Kier alpha value is -7.10. The van der Waals surface area contributed by atoms with Crippen LogP contribution in [0, 0.1) is 0 Å². The molecule has 1 atom stereocenters. The molecule has 0 saturated heterocycles. The van der Waals surface area contributed by atoms with Crippen molar-refractivity contribution in [1.82, 2.24) is 14.5 Å². The number of hydrogen-bond acceptors (Lipinski definition) is 2. The number of nitrogens with zero attached hydrogens (tertiary/aromatic N) is 3. The molecule has 9 aromatic rings. The second-order valence-electron chi connectivity index (χ2n) is 15.4. The molecule has 2 heterocycles. The molecule has 0 fully saturated rings. The molecule has 0 amide bonds. The summed E-state index contributed by atoms with van der Waals surface area (Å²) in [7, 11) is 0. The van der Waals surface area contributed by atoms with Crippen molar-refractivity contribution in [2.75, 3.05) is 0 Å². The van der Waals surface area contributed by atoms with Crippen LogP contribution >= 0.6 is 0 Å². The second-order valence-corrected chi connectivity index (χ2v) is 15.4. The molecule has 0 saturated carbocycles. The van der Waals surface area contributed by atoms with Gasteiger partial charge in [0.1, 0.15) is 0 Å². The maximum absolute atomic E-state index is 5.18. The van der Waals surface area contributed by atoms with Crippen molar-refractivity contribution in [3.05, 3.63) is 217 Å². The molecule has 57 heavy (non-hydrogen) atoms. The summed E-state index contributed by atoms with van der Waals surface area (Å²) in [5.41, 5.74) is 17.3. The lowest BCUT2D eigenvalue weighted by Gasteiger charge is -2.28. The summed E-state index contributed by atoms with van der Waals surface area (Å²) in [5, 5.41) is 2.51. The zero-order valence-corrected chi connectivity index (χ0v) is 31.7. The fraction of sp³-hybridized carbons (Fsp3) is 0.0741. The number of allylic oxidation sites excluding steroid dienone is 4. The first-order valence-electron chi connectivity index (χ1n) is 19.9. The molecule has 1 unspecified atom stereocenters. The topological polar surface area (TPSA) is 30.7 Å². The van der Waals surface area contributed by atoms with Crippen LogP contribution in [-0.2, 0) is 5.41 Å². The SMILES string of the molecule is CC1(c2ccccc2)c2ccccc2-c2cc3c4ccccc4n(-c4ccc(-c5cc(-c6ccc(-c7ccccc7)cc6)nc(C6=CCCC=C6)n5)cc4)c3cc21. The third-order valence-corrected chi connectivity index (χ3v) is 12.1. The maximum atomic E-state index is 5.18. The molecule has 3 nitrogen and oxygen atoms in total. The van der Waals surface area contributed by atoms with E-state index in [1.165, 1.54) is 60.8 Å². The molecule has 3 heteroatoms. The van der Waals surface area contributed by atoms with E-state index < -0.39 is 0 Å². The van der Waals surface area contributed by atoms with Gasteiger partial charge in [-0.25, -0.2) is 9.97 Å². The highest BCUT2D eigenvalue weighted by Crippen LogP contribution is 2.54. The van der Waals surface area contributed by atoms with Gasteiger partial charge in [-0.15, -0.1) is 0 Å². The monoisotopic (exact) mass is 729 g/mol. The van der Waals surface area contributed by atoms with E-state index in [0.717, 1.165) is 52.4 Å². The zero-order valence-electron chi connectivity index (χ0n) is 31.7. The second kappa shape index (κ2) is 13.3. The highest BCUT2D eigenvalue weighted by molar-refractivity contribution is 6.11. The molecular formula is C54H39N3. The molecule has 0 bridgehead atoms. The minimum atomic E-state index is -0.278. The van der Waals surface area contributed by atoms with Crippen LogP contribution in [0.15, 0.2) is 194 Å². The average molecular weight is 730 g/mol. The summed E-state index contributed by atoms with van der Waals surface area (Å²) in [6.45, 7) is 2.39. The minimum Gasteiger partial charge on any atom is -0.309 e. The van der Waals surface area contributed by atoms with Crippen LogP contribution in [0.5, 0.6) is 0 Å². The van der Waals surface area contributed by atoms with Gasteiger partial charge in [-0.3, -0.25) is 0 Å². The van der Waals surface area contributed by atoms with Gasteiger partial charge in [0.15, 0.2) is 5.82 Å².